The van der Waals surface area contributed by atoms with Crippen molar-refractivity contribution in [2.75, 3.05) is 18.6 Å². The summed E-state index contributed by atoms with van der Waals surface area (Å²) in [6, 6.07) is 2.24. The van der Waals surface area contributed by atoms with Gasteiger partial charge in [-0.15, -0.1) is 0 Å². The fourth-order valence-electron chi connectivity index (χ4n) is 1.34. The van der Waals surface area contributed by atoms with Crippen LogP contribution in [0.5, 0.6) is 0 Å². The van der Waals surface area contributed by atoms with E-state index in [4.69, 9.17) is 22.3 Å². The van der Waals surface area contributed by atoms with Crippen molar-refractivity contribution >= 4 is 63.0 Å². The van der Waals surface area contributed by atoms with Gasteiger partial charge in [0, 0.05) is 28.0 Å². The molecule has 1 N–H and O–H groups in total. The van der Waals surface area contributed by atoms with E-state index in [0.717, 1.165) is 12.3 Å². The van der Waals surface area contributed by atoms with Gasteiger partial charge in [-0.05, 0) is 28.1 Å². The third-order valence-corrected chi connectivity index (χ3v) is 5.83. The molecule has 0 bridgehead atoms. The molecule has 0 aliphatic heterocycles. The summed E-state index contributed by atoms with van der Waals surface area (Å²) < 4.78 is 44.8. The van der Waals surface area contributed by atoms with E-state index in [0.29, 0.717) is 0 Å². The molecule has 1 rings (SSSR count). The quantitative estimate of drug-likeness (QED) is 0.707. The van der Waals surface area contributed by atoms with Crippen LogP contribution in [0, 0.1) is 0 Å². The Bertz CT molecular complexity index is 777. The van der Waals surface area contributed by atoms with Crippen LogP contribution in [0.1, 0.15) is 10.4 Å². The van der Waals surface area contributed by atoms with Crippen LogP contribution in [0.2, 0.25) is 5.02 Å². The van der Waals surface area contributed by atoms with Crippen LogP contribution in [0.3, 0.4) is 0 Å². The molecule has 1 amide bonds. The van der Waals surface area contributed by atoms with Gasteiger partial charge in [-0.2, -0.15) is 0 Å². The van der Waals surface area contributed by atoms with Crippen LogP contribution in [0.15, 0.2) is 21.5 Å². The van der Waals surface area contributed by atoms with Gasteiger partial charge in [-0.3, -0.25) is 4.79 Å². The van der Waals surface area contributed by atoms with Crippen LogP contribution in [0.25, 0.3) is 0 Å². The Kier molecular flexibility index (Phi) is 6.08. The third-order valence-electron chi connectivity index (χ3n) is 2.29. The van der Waals surface area contributed by atoms with Crippen LogP contribution >= 0.6 is 38.2 Å². The highest BCUT2D eigenvalue weighted by molar-refractivity contribution is 9.10. The zero-order valence-corrected chi connectivity index (χ0v) is 15.3. The summed E-state index contributed by atoms with van der Waals surface area (Å²) in [4.78, 5) is 11.6. The number of benzene rings is 1. The number of amides is 1. The summed E-state index contributed by atoms with van der Waals surface area (Å²) >= 11 is 8.85. The fraction of sp³-hybridized carbons (Fsp3) is 0.300. The van der Waals surface area contributed by atoms with Gasteiger partial charge in [0.1, 0.15) is 9.84 Å². The van der Waals surface area contributed by atoms with Crippen molar-refractivity contribution in [2.45, 2.75) is 4.90 Å². The summed E-state index contributed by atoms with van der Waals surface area (Å²) in [5, 5.41) is 2.34. The zero-order chi connectivity index (χ0) is 16.4. The molecule has 11 heteroatoms. The number of hydrogen-bond donors (Lipinski definition) is 1. The number of nitrogens with one attached hydrogen (secondary N) is 1. The second kappa shape index (κ2) is 6.82. The molecular formula is C10H10BrCl2NO5S2. The molecule has 0 unspecified atom stereocenters. The molecule has 0 radical (unpaired) electrons. The summed E-state index contributed by atoms with van der Waals surface area (Å²) in [6.45, 7) is -0.118. The molecule has 0 aliphatic rings. The maximum absolute atomic E-state index is 11.9. The zero-order valence-electron chi connectivity index (χ0n) is 10.6. The van der Waals surface area contributed by atoms with Crippen LogP contribution < -0.4 is 5.32 Å². The molecule has 0 fully saturated rings. The van der Waals surface area contributed by atoms with Crippen LogP contribution in [0.4, 0.5) is 0 Å². The number of halogens is 3. The molecule has 1 aromatic carbocycles. The van der Waals surface area contributed by atoms with Crippen molar-refractivity contribution in [1.82, 2.24) is 5.32 Å². The monoisotopic (exact) mass is 437 g/mol. The van der Waals surface area contributed by atoms with E-state index in [1.54, 1.807) is 0 Å². The largest absolute Gasteiger partial charge is 0.351 e. The van der Waals surface area contributed by atoms with Gasteiger partial charge in [0.25, 0.3) is 15.0 Å². The molecule has 6 nitrogen and oxygen atoms in total. The normalized spacial score (nSPS) is 12.2. The number of hydrogen-bond acceptors (Lipinski definition) is 5. The molecule has 0 saturated carbocycles. The summed E-state index contributed by atoms with van der Waals surface area (Å²) in [5.41, 5.74) is -0.118. The first-order valence-electron chi connectivity index (χ1n) is 5.31. The Morgan fingerprint density at radius 2 is 1.86 bits per heavy atom. The van der Waals surface area contributed by atoms with Gasteiger partial charge in [-0.25, -0.2) is 16.8 Å². The van der Waals surface area contributed by atoms with E-state index in [1.807, 2.05) is 0 Å². The molecule has 21 heavy (non-hydrogen) atoms. The Morgan fingerprint density at radius 3 is 2.33 bits per heavy atom. The lowest BCUT2D eigenvalue weighted by Gasteiger charge is -2.09. The van der Waals surface area contributed by atoms with Gasteiger partial charge in [-0.1, -0.05) is 11.6 Å². The summed E-state index contributed by atoms with van der Waals surface area (Å²) in [6.07, 6.45) is 1.03. The minimum Gasteiger partial charge on any atom is -0.351 e. The van der Waals surface area contributed by atoms with Gasteiger partial charge >= 0.3 is 0 Å². The smallest absolute Gasteiger partial charge is 0.262 e. The van der Waals surface area contributed by atoms with Gasteiger partial charge in [0.2, 0.25) is 0 Å². The predicted molar refractivity (Wildman–Crippen MR) is 84.2 cm³/mol. The number of carbonyl (C=O) groups is 1. The van der Waals surface area contributed by atoms with Crippen molar-refractivity contribution in [3.8, 4) is 0 Å². The molecule has 118 valence electrons. The lowest BCUT2D eigenvalue weighted by Crippen LogP contribution is -2.29. The molecule has 0 atom stereocenters. The van der Waals surface area contributed by atoms with E-state index < -0.39 is 24.8 Å². The van der Waals surface area contributed by atoms with E-state index in [-0.39, 0.29) is 32.3 Å². The van der Waals surface area contributed by atoms with Crippen molar-refractivity contribution in [3.05, 3.63) is 27.2 Å². The van der Waals surface area contributed by atoms with Gasteiger partial charge < -0.3 is 5.32 Å². The highest BCUT2D eigenvalue weighted by Crippen LogP contribution is 2.30. The van der Waals surface area contributed by atoms with Crippen molar-refractivity contribution in [3.63, 3.8) is 0 Å². The Labute approximate surface area is 140 Å². The molecule has 0 aromatic heterocycles. The average Bonchev–Trinajstić information content (AvgIpc) is 2.24. The topological polar surface area (TPSA) is 97.4 Å². The van der Waals surface area contributed by atoms with Gasteiger partial charge in [0.05, 0.1) is 21.2 Å². The minimum absolute atomic E-state index is 0.00259. The third kappa shape index (κ3) is 5.74. The average molecular weight is 439 g/mol. The highest BCUT2D eigenvalue weighted by Gasteiger charge is 2.20. The highest BCUT2D eigenvalue weighted by atomic mass is 79.9. The number of rotatable bonds is 5. The molecule has 0 heterocycles. The lowest BCUT2D eigenvalue weighted by atomic mass is 10.2. The van der Waals surface area contributed by atoms with E-state index in [9.17, 15) is 21.6 Å². The molecule has 0 aliphatic carbocycles. The SMILES string of the molecule is CS(=O)(=O)CCNC(=O)c1cc(S(=O)(=O)Cl)c(Br)cc1Cl. The van der Waals surface area contributed by atoms with Crippen LogP contribution in [-0.2, 0) is 18.9 Å². The van der Waals surface area contributed by atoms with Crippen molar-refractivity contribution < 1.29 is 21.6 Å². The fourth-order valence-corrected chi connectivity index (χ4v) is 4.39. The Balaban J connectivity index is 3.05. The summed E-state index contributed by atoms with van der Waals surface area (Å²) in [7, 11) is -2.04. The molecule has 1 aromatic rings. The van der Waals surface area contributed by atoms with Crippen molar-refractivity contribution in [2.24, 2.45) is 0 Å². The second-order valence-corrected chi connectivity index (χ2v) is 10.1. The number of sulfone groups is 1. The van der Waals surface area contributed by atoms with E-state index in [2.05, 4.69) is 21.2 Å². The van der Waals surface area contributed by atoms with Crippen molar-refractivity contribution in [1.29, 1.82) is 0 Å². The maximum Gasteiger partial charge on any atom is 0.262 e. The van der Waals surface area contributed by atoms with E-state index in [1.165, 1.54) is 6.07 Å². The Hall–Kier alpha value is -0.350. The van der Waals surface area contributed by atoms with Crippen LogP contribution in [-0.4, -0.2) is 41.3 Å². The Morgan fingerprint density at radius 1 is 1.29 bits per heavy atom. The van der Waals surface area contributed by atoms with E-state index >= 15 is 0 Å². The number of carbonyl (C=O) groups excluding carboxylic acids is 1. The molecular weight excluding hydrogens is 429 g/mol. The summed E-state index contributed by atoms with van der Waals surface area (Å²) in [5.74, 6) is -0.939. The first-order valence-corrected chi connectivity index (χ1v) is 10.9. The standard InChI is InChI=1S/C10H10BrCl2NO5S2/c1-20(16,17)3-2-14-10(15)6-4-9(21(13,18)19)7(11)5-8(6)12/h4-5H,2-3H2,1H3,(H,14,15). The van der Waals surface area contributed by atoms with Gasteiger partial charge in [0.15, 0.2) is 0 Å². The maximum atomic E-state index is 11.9. The first kappa shape index (κ1) is 18.7. The first-order chi connectivity index (χ1) is 9.42. The molecule has 0 saturated heterocycles. The minimum atomic E-state index is -4.06. The predicted octanol–water partition coefficient (Wildman–Crippen LogP) is 1.80. The lowest BCUT2D eigenvalue weighted by molar-refractivity contribution is 0.0956. The second-order valence-electron chi connectivity index (χ2n) is 4.09. The molecule has 0 spiro atoms.